The van der Waals surface area contributed by atoms with E-state index in [9.17, 15) is 9.90 Å². The van der Waals surface area contributed by atoms with E-state index in [1.165, 1.54) is 19.2 Å². The Kier molecular flexibility index (Phi) is 4.99. The molecule has 0 radical (unpaired) electrons. The number of allylic oxidation sites excluding steroid dienone is 2. The van der Waals surface area contributed by atoms with E-state index in [0.29, 0.717) is 12.4 Å². The number of esters is 1. The van der Waals surface area contributed by atoms with Crippen LogP contribution in [-0.2, 0) is 4.74 Å². The number of ether oxygens (including phenoxy) is 2. The lowest BCUT2D eigenvalue weighted by Gasteiger charge is -2.08. The molecule has 0 aliphatic carbocycles. The van der Waals surface area contributed by atoms with E-state index in [-0.39, 0.29) is 11.3 Å². The van der Waals surface area contributed by atoms with Crippen molar-refractivity contribution in [3.8, 4) is 11.5 Å². The van der Waals surface area contributed by atoms with Crippen LogP contribution < -0.4 is 4.74 Å². The third-order valence-electron chi connectivity index (χ3n) is 2.24. The van der Waals surface area contributed by atoms with Gasteiger partial charge in [0.1, 0.15) is 23.7 Å². The van der Waals surface area contributed by atoms with Gasteiger partial charge in [0.25, 0.3) is 0 Å². The van der Waals surface area contributed by atoms with E-state index in [1.54, 1.807) is 12.1 Å². The van der Waals surface area contributed by atoms with Crippen LogP contribution >= 0.6 is 0 Å². The van der Waals surface area contributed by atoms with Crippen molar-refractivity contribution in [2.24, 2.45) is 0 Å². The Balaban J connectivity index is 2.82. The minimum atomic E-state index is -0.601. The van der Waals surface area contributed by atoms with E-state index < -0.39 is 5.97 Å². The molecule has 0 spiro atoms. The van der Waals surface area contributed by atoms with E-state index in [4.69, 9.17) is 4.74 Å². The molecule has 0 bridgehead atoms. The molecule has 0 aromatic heterocycles. The van der Waals surface area contributed by atoms with Crippen molar-refractivity contribution in [1.82, 2.24) is 0 Å². The molecule has 0 unspecified atom stereocenters. The molecule has 0 atom stereocenters. The average molecular weight is 248 g/mol. The van der Waals surface area contributed by atoms with Gasteiger partial charge in [-0.25, -0.2) is 4.79 Å². The maximum atomic E-state index is 11.4. The molecule has 1 aromatic rings. The Hall–Kier alpha value is -2.23. The van der Waals surface area contributed by atoms with Crippen molar-refractivity contribution >= 4 is 5.97 Å². The Bertz CT molecular complexity index is 475. The number of phenols is 1. The molecule has 0 heterocycles. The molecule has 0 saturated heterocycles. The molecule has 4 heteroatoms. The number of carbonyl (C=O) groups is 1. The van der Waals surface area contributed by atoms with E-state index >= 15 is 0 Å². The largest absolute Gasteiger partial charge is 0.507 e. The van der Waals surface area contributed by atoms with Gasteiger partial charge in [-0.1, -0.05) is 18.7 Å². The van der Waals surface area contributed by atoms with Gasteiger partial charge >= 0.3 is 5.97 Å². The molecule has 18 heavy (non-hydrogen) atoms. The van der Waals surface area contributed by atoms with Crippen LogP contribution in [0.1, 0.15) is 17.3 Å². The molecular formula is C14H16O4. The minimum absolute atomic E-state index is 0.0837. The van der Waals surface area contributed by atoms with Crippen molar-refractivity contribution in [3.63, 3.8) is 0 Å². The lowest BCUT2D eigenvalue weighted by Crippen LogP contribution is -2.03. The number of aromatic hydroxyl groups is 1. The topological polar surface area (TPSA) is 55.8 Å². The fraction of sp³-hybridized carbons (Fsp3) is 0.214. The number of hydrogen-bond acceptors (Lipinski definition) is 4. The molecule has 0 saturated carbocycles. The van der Waals surface area contributed by atoms with Gasteiger partial charge in [-0.2, -0.15) is 0 Å². The quantitative estimate of drug-likeness (QED) is 0.643. The number of carbonyl (C=O) groups excluding carboxylic acids is 1. The zero-order valence-corrected chi connectivity index (χ0v) is 10.5. The monoisotopic (exact) mass is 248 g/mol. The van der Waals surface area contributed by atoms with Gasteiger partial charge in [0.2, 0.25) is 0 Å². The zero-order valence-electron chi connectivity index (χ0n) is 10.5. The molecule has 0 amide bonds. The Morgan fingerprint density at radius 2 is 2.22 bits per heavy atom. The smallest absolute Gasteiger partial charge is 0.341 e. The van der Waals surface area contributed by atoms with Gasteiger partial charge in [-0.3, -0.25) is 0 Å². The molecule has 0 aliphatic heterocycles. The first-order valence-electron chi connectivity index (χ1n) is 5.40. The second-order valence-electron chi connectivity index (χ2n) is 3.71. The second kappa shape index (κ2) is 6.49. The summed E-state index contributed by atoms with van der Waals surface area (Å²) >= 11 is 0. The number of methoxy groups -OCH3 is 1. The summed E-state index contributed by atoms with van der Waals surface area (Å²) in [6, 6.07) is 4.43. The first-order valence-corrected chi connectivity index (χ1v) is 5.40. The highest BCUT2D eigenvalue weighted by atomic mass is 16.5. The third-order valence-corrected chi connectivity index (χ3v) is 2.24. The summed E-state index contributed by atoms with van der Waals surface area (Å²) < 4.78 is 10.0. The molecule has 0 fully saturated rings. The van der Waals surface area contributed by atoms with Crippen molar-refractivity contribution in [2.45, 2.75) is 6.92 Å². The molecule has 4 nitrogen and oxygen atoms in total. The van der Waals surface area contributed by atoms with E-state index in [0.717, 1.165) is 5.57 Å². The lowest BCUT2D eigenvalue weighted by atomic mass is 10.2. The summed E-state index contributed by atoms with van der Waals surface area (Å²) in [6.07, 6.45) is 3.51. The van der Waals surface area contributed by atoms with Crippen LogP contribution in [-0.4, -0.2) is 24.8 Å². The predicted octanol–water partition coefficient (Wildman–Crippen LogP) is 2.69. The Morgan fingerprint density at radius 1 is 1.50 bits per heavy atom. The molecular weight excluding hydrogens is 232 g/mol. The van der Waals surface area contributed by atoms with Gasteiger partial charge in [0, 0.05) is 0 Å². The highest BCUT2D eigenvalue weighted by molar-refractivity contribution is 5.92. The Labute approximate surface area is 106 Å². The zero-order chi connectivity index (χ0) is 13.5. The molecule has 1 rings (SSSR count). The molecule has 0 aliphatic rings. The van der Waals surface area contributed by atoms with E-state index in [2.05, 4.69) is 11.3 Å². The number of benzene rings is 1. The number of hydrogen-bond donors (Lipinski definition) is 1. The maximum absolute atomic E-state index is 11.4. The summed E-state index contributed by atoms with van der Waals surface area (Å²) in [4.78, 5) is 11.4. The first-order chi connectivity index (χ1) is 8.58. The van der Waals surface area contributed by atoms with E-state index in [1.807, 2.05) is 13.0 Å². The SMILES string of the molecule is C=C/C=C(\C)COc1ccc(O)c(C(=O)OC)c1. The highest BCUT2D eigenvalue weighted by Gasteiger charge is 2.12. The molecule has 1 aromatic carbocycles. The van der Waals surface area contributed by atoms with Gasteiger partial charge < -0.3 is 14.6 Å². The van der Waals surface area contributed by atoms with Crippen LogP contribution in [0.5, 0.6) is 11.5 Å². The number of phenolic OH excluding ortho intramolecular Hbond substituents is 1. The average Bonchev–Trinajstić information content (AvgIpc) is 2.37. The van der Waals surface area contributed by atoms with Crippen LogP contribution in [0.15, 0.2) is 42.5 Å². The standard InChI is InChI=1S/C14H16O4/c1-4-5-10(2)9-18-11-6-7-13(15)12(8-11)14(16)17-3/h4-8,15H,1,9H2,2-3H3/b10-5+. The second-order valence-corrected chi connectivity index (χ2v) is 3.71. The predicted molar refractivity (Wildman–Crippen MR) is 68.9 cm³/mol. The third kappa shape index (κ3) is 3.66. The van der Waals surface area contributed by atoms with Crippen LogP contribution in [0.4, 0.5) is 0 Å². The van der Waals surface area contributed by atoms with Gasteiger partial charge in [-0.15, -0.1) is 0 Å². The van der Waals surface area contributed by atoms with Gasteiger partial charge in [0.15, 0.2) is 0 Å². The highest BCUT2D eigenvalue weighted by Crippen LogP contribution is 2.23. The summed E-state index contributed by atoms with van der Waals surface area (Å²) in [5, 5.41) is 9.52. The van der Waals surface area contributed by atoms with Gasteiger partial charge in [-0.05, 0) is 30.7 Å². The Morgan fingerprint density at radius 3 is 2.83 bits per heavy atom. The van der Waals surface area contributed by atoms with Crippen molar-refractivity contribution in [2.75, 3.05) is 13.7 Å². The molecule has 1 N–H and O–H groups in total. The first kappa shape index (κ1) is 13.8. The van der Waals surface area contributed by atoms with Crippen molar-refractivity contribution < 1.29 is 19.4 Å². The van der Waals surface area contributed by atoms with Crippen LogP contribution in [0, 0.1) is 0 Å². The number of rotatable bonds is 5. The summed E-state index contributed by atoms with van der Waals surface area (Å²) in [7, 11) is 1.26. The van der Waals surface area contributed by atoms with Crippen LogP contribution in [0.3, 0.4) is 0 Å². The van der Waals surface area contributed by atoms with Crippen molar-refractivity contribution in [3.05, 3.63) is 48.1 Å². The summed E-state index contributed by atoms with van der Waals surface area (Å²) in [5.74, 6) is -0.242. The van der Waals surface area contributed by atoms with Crippen molar-refractivity contribution in [1.29, 1.82) is 0 Å². The maximum Gasteiger partial charge on any atom is 0.341 e. The fourth-order valence-electron chi connectivity index (χ4n) is 1.32. The molecule has 96 valence electrons. The van der Waals surface area contributed by atoms with Gasteiger partial charge in [0.05, 0.1) is 7.11 Å². The van der Waals surface area contributed by atoms with Crippen LogP contribution in [0.25, 0.3) is 0 Å². The van der Waals surface area contributed by atoms with Crippen LogP contribution in [0.2, 0.25) is 0 Å². The minimum Gasteiger partial charge on any atom is -0.507 e. The normalized spacial score (nSPS) is 10.9. The summed E-state index contributed by atoms with van der Waals surface area (Å²) in [6.45, 7) is 5.88. The lowest BCUT2D eigenvalue weighted by molar-refractivity contribution is 0.0597. The summed E-state index contributed by atoms with van der Waals surface area (Å²) in [5.41, 5.74) is 1.08. The fourth-order valence-corrected chi connectivity index (χ4v) is 1.32.